The number of aromatic nitrogens is 1. The number of aryl methyl sites for hydroxylation is 1. The molecule has 0 spiro atoms. The number of benzene rings is 2. The van der Waals surface area contributed by atoms with E-state index >= 15 is 0 Å². The van der Waals surface area contributed by atoms with Crippen molar-refractivity contribution in [1.82, 2.24) is 5.16 Å². The zero-order chi connectivity index (χ0) is 25.2. The molecule has 4 rings (SSSR count). The van der Waals surface area contributed by atoms with Gasteiger partial charge in [0.05, 0.1) is 11.3 Å². The van der Waals surface area contributed by atoms with Gasteiger partial charge in [0.15, 0.2) is 17.5 Å². The maximum atomic E-state index is 13.6. The molecule has 0 fully saturated rings. The van der Waals surface area contributed by atoms with Crippen LogP contribution in [0.15, 0.2) is 79.8 Å². The molecule has 182 valence electrons. The quantitative estimate of drug-likeness (QED) is 0.395. The van der Waals surface area contributed by atoms with E-state index in [1.54, 1.807) is 20.0 Å². The number of allylic oxidation sites excluding steroid dienone is 2. The van der Waals surface area contributed by atoms with Crippen LogP contribution in [0.4, 0.5) is 14.5 Å². The van der Waals surface area contributed by atoms with Crippen molar-refractivity contribution in [1.29, 1.82) is 0 Å². The number of anilines is 1. The van der Waals surface area contributed by atoms with Gasteiger partial charge in [0, 0.05) is 43.5 Å². The molecule has 1 aliphatic rings. The van der Waals surface area contributed by atoms with Crippen LogP contribution in [0.1, 0.15) is 38.5 Å². The summed E-state index contributed by atoms with van der Waals surface area (Å²) in [4.78, 5) is 12.1. The minimum Gasteiger partial charge on any atom is -0.385 e. The highest BCUT2D eigenvalue weighted by molar-refractivity contribution is 6.42. The Morgan fingerprint density at radius 1 is 1.06 bits per heavy atom. The van der Waals surface area contributed by atoms with Gasteiger partial charge in [0.25, 0.3) is 0 Å². The number of nitrogens with zero attached hydrogens (tertiary/aromatic N) is 4. The molecule has 1 aliphatic heterocycles. The molecule has 6 nitrogen and oxygen atoms in total. The van der Waals surface area contributed by atoms with Gasteiger partial charge in [0.1, 0.15) is 17.2 Å². The molecule has 1 N–H and O–H groups in total. The van der Waals surface area contributed by atoms with E-state index in [1.165, 1.54) is 18.3 Å². The van der Waals surface area contributed by atoms with Crippen LogP contribution in [-0.4, -0.2) is 36.5 Å². The maximum Gasteiger partial charge on any atom is 0.169 e. The first-order valence-electron chi connectivity index (χ1n) is 11.5. The summed E-state index contributed by atoms with van der Waals surface area (Å²) in [6, 6.07) is 14.2. The normalized spacial score (nSPS) is 14.1. The van der Waals surface area contributed by atoms with Gasteiger partial charge in [-0.25, -0.2) is 18.8 Å². The first-order chi connectivity index (χ1) is 17.0. The monoisotopic (exact) mass is 477 g/mol. The Morgan fingerprint density at radius 2 is 1.83 bits per heavy atom. The molecule has 0 bridgehead atoms. The lowest BCUT2D eigenvalue weighted by atomic mass is 10.1. The minimum atomic E-state index is -0.940. The van der Waals surface area contributed by atoms with Gasteiger partial charge >= 0.3 is 0 Å². The molecule has 0 saturated carbocycles. The lowest BCUT2D eigenvalue weighted by Crippen LogP contribution is -2.02. The van der Waals surface area contributed by atoms with Crippen molar-refractivity contribution >= 4 is 23.4 Å². The van der Waals surface area contributed by atoms with Crippen LogP contribution in [0.5, 0.6) is 0 Å². The topological polar surface area (TPSA) is 75.1 Å². The number of hydrogen-bond acceptors (Lipinski definition) is 6. The van der Waals surface area contributed by atoms with Crippen LogP contribution >= 0.6 is 0 Å². The van der Waals surface area contributed by atoms with E-state index in [1.807, 2.05) is 6.07 Å². The Hall–Kier alpha value is -3.94. The molecule has 0 saturated heterocycles. The van der Waals surface area contributed by atoms with Crippen LogP contribution < -0.4 is 5.32 Å². The van der Waals surface area contributed by atoms with Crippen molar-refractivity contribution in [3.8, 4) is 11.3 Å². The number of amidine groups is 1. The summed E-state index contributed by atoms with van der Waals surface area (Å²) in [6.07, 6.45) is 5.28. The van der Waals surface area contributed by atoms with Crippen molar-refractivity contribution in [2.75, 3.05) is 18.9 Å². The molecule has 8 heteroatoms. The van der Waals surface area contributed by atoms with E-state index in [-0.39, 0.29) is 11.4 Å². The molecule has 1 aromatic heterocycles. The fourth-order valence-electron chi connectivity index (χ4n) is 3.24. The first kappa shape index (κ1) is 25.7. The minimum absolute atomic E-state index is 0.0499. The first-order valence-corrected chi connectivity index (χ1v) is 11.5. The summed E-state index contributed by atoms with van der Waals surface area (Å²) >= 11 is 0. The number of nitrogens with one attached hydrogen (secondary N) is 1. The third-order valence-electron chi connectivity index (χ3n) is 5.10. The number of rotatable bonds is 7. The highest BCUT2D eigenvalue weighted by atomic mass is 19.2. The SMILES string of the molecule is C/C=C1/N=C(c2cccc(F)c2F)N=C1C=NC.CCCNc1ccc(-c2cc(CC)on2)cc1. The zero-order valence-electron chi connectivity index (χ0n) is 20.3. The van der Waals surface area contributed by atoms with Crippen LogP contribution in [-0.2, 0) is 6.42 Å². The van der Waals surface area contributed by atoms with Crippen molar-refractivity contribution in [3.63, 3.8) is 0 Å². The standard InChI is InChI=1S/C14H18N2O.C13H11F2N3/c1-3-9-15-12-7-5-11(6-8-12)14-10-13(4-2)17-16-14;1-3-10-11(7-16-2)18-13(17-10)8-5-4-6-9(14)12(8)15/h5-8,10,15H,3-4,9H2,1-2H3;3-7H,1-2H3/b;10-3+,16-7?. The van der Waals surface area contributed by atoms with Crippen LogP contribution in [0.2, 0.25) is 0 Å². The smallest absolute Gasteiger partial charge is 0.169 e. The predicted octanol–water partition coefficient (Wildman–Crippen LogP) is 6.50. The van der Waals surface area contributed by atoms with Gasteiger partial charge in [-0.2, -0.15) is 0 Å². The second-order valence-electron chi connectivity index (χ2n) is 7.63. The summed E-state index contributed by atoms with van der Waals surface area (Å²) < 4.78 is 32.0. The largest absolute Gasteiger partial charge is 0.385 e. The van der Waals surface area contributed by atoms with Crippen LogP contribution in [0.3, 0.4) is 0 Å². The third kappa shape index (κ3) is 6.56. The van der Waals surface area contributed by atoms with Gasteiger partial charge < -0.3 is 9.84 Å². The van der Waals surface area contributed by atoms with E-state index in [0.29, 0.717) is 11.4 Å². The molecular weight excluding hydrogens is 448 g/mol. The summed E-state index contributed by atoms with van der Waals surface area (Å²) in [5, 5.41) is 7.40. The summed E-state index contributed by atoms with van der Waals surface area (Å²) in [7, 11) is 1.61. The van der Waals surface area contributed by atoms with E-state index < -0.39 is 11.6 Å². The Bertz CT molecular complexity index is 1260. The summed E-state index contributed by atoms with van der Waals surface area (Å²) in [5.74, 6) is -0.765. The Kier molecular flexibility index (Phi) is 9.17. The van der Waals surface area contributed by atoms with Gasteiger partial charge in [0.2, 0.25) is 0 Å². The van der Waals surface area contributed by atoms with E-state index in [2.05, 4.69) is 63.6 Å². The number of hydrogen-bond donors (Lipinski definition) is 1. The zero-order valence-corrected chi connectivity index (χ0v) is 20.3. The van der Waals surface area contributed by atoms with Crippen molar-refractivity contribution in [3.05, 3.63) is 83.3 Å². The van der Waals surface area contributed by atoms with Gasteiger partial charge in [-0.05, 0) is 37.6 Å². The third-order valence-corrected chi connectivity index (χ3v) is 5.10. The number of aliphatic imine (C=N–C) groups is 3. The fraction of sp³-hybridized carbons (Fsp3) is 0.259. The number of halogens is 2. The average molecular weight is 478 g/mol. The average Bonchev–Trinajstić information content (AvgIpc) is 3.52. The molecule has 3 aromatic rings. The Morgan fingerprint density at radius 3 is 2.46 bits per heavy atom. The second kappa shape index (κ2) is 12.5. The molecule has 2 heterocycles. The highest BCUT2D eigenvalue weighted by Gasteiger charge is 2.19. The molecule has 0 radical (unpaired) electrons. The molecule has 0 amide bonds. The predicted molar refractivity (Wildman–Crippen MR) is 139 cm³/mol. The molecule has 35 heavy (non-hydrogen) atoms. The molecule has 0 atom stereocenters. The van der Waals surface area contributed by atoms with Crippen LogP contribution in [0.25, 0.3) is 11.3 Å². The fourth-order valence-corrected chi connectivity index (χ4v) is 3.24. The molecular formula is C27H29F2N5O. The summed E-state index contributed by atoms with van der Waals surface area (Å²) in [5.41, 5.74) is 4.33. The summed E-state index contributed by atoms with van der Waals surface area (Å²) in [6.45, 7) is 7.01. The molecule has 2 aromatic carbocycles. The van der Waals surface area contributed by atoms with E-state index in [4.69, 9.17) is 4.52 Å². The lowest BCUT2D eigenvalue weighted by Gasteiger charge is -2.04. The Labute approximate surface area is 204 Å². The van der Waals surface area contributed by atoms with Crippen LogP contribution in [0, 0.1) is 11.6 Å². The van der Waals surface area contributed by atoms with Gasteiger partial charge in [-0.1, -0.05) is 43.3 Å². The lowest BCUT2D eigenvalue weighted by molar-refractivity contribution is 0.389. The van der Waals surface area contributed by atoms with Gasteiger partial charge in [-0.15, -0.1) is 0 Å². The molecule has 0 unspecified atom stereocenters. The van der Waals surface area contributed by atoms with E-state index in [9.17, 15) is 8.78 Å². The van der Waals surface area contributed by atoms with Gasteiger partial charge in [-0.3, -0.25) is 4.99 Å². The van der Waals surface area contributed by atoms with Crippen molar-refractivity contribution in [2.45, 2.75) is 33.6 Å². The molecule has 0 aliphatic carbocycles. The highest BCUT2D eigenvalue weighted by Crippen LogP contribution is 2.22. The Balaban J connectivity index is 0.000000196. The second-order valence-corrected chi connectivity index (χ2v) is 7.63. The maximum absolute atomic E-state index is 13.6. The van der Waals surface area contributed by atoms with Crippen molar-refractivity contribution in [2.24, 2.45) is 15.0 Å². The van der Waals surface area contributed by atoms with E-state index in [0.717, 1.165) is 48.2 Å². The van der Waals surface area contributed by atoms with Crippen molar-refractivity contribution < 1.29 is 13.3 Å².